The number of ether oxygens (including phenoxy) is 1. The predicted molar refractivity (Wildman–Crippen MR) is 54.8 cm³/mol. The summed E-state index contributed by atoms with van der Waals surface area (Å²) in [6.07, 6.45) is 1.57. The number of aliphatic carboxylic acids is 1. The largest absolute Gasteiger partial charge is 0.481 e. The zero-order chi connectivity index (χ0) is 12.9. The Kier molecular flexibility index (Phi) is 4.84. The van der Waals surface area contributed by atoms with Crippen LogP contribution in [0.1, 0.15) is 44.9 Å². The third-order valence-corrected chi connectivity index (χ3v) is 2.66. The molecule has 0 atom stereocenters. The van der Waals surface area contributed by atoms with Crippen molar-refractivity contribution in [1.29, 1.82) is 0 Å². The van der Waals surface area contributed by atoms with E-state index in [9.17, 15) is 18.4 Å². The SMILES string of the molecule is O=C(O)CC(F)(F)CC(=O)OC1CCCCC1. The number of carbonyl (C=O) groups excluding carboxylic acids is 1. The van der Waals surface area contributed by atoms with E-state index in [1.54, 1.807) is 0 Å². The minimum absolute atomic E-state index is 0.281. The molecule has 0 aromatic heterocycles. The van der Waals surface area contributed by atoms with Crippen molar-refractivity contribution in [3.63, 3.8) is 0 Å². The molecule has 0 radical (unpaired) electrons. The molecule has 98 valence electrons. The van der Waals surface area contributed by atoms with Crippen LogP contribution in [-0.4, -0.2) is 29.1 Å². The monoisotopic (exact) mass is 250 g/mol. The van der Waals surface area contributed by atoms with Crippen LogP contribution in [-0.2, 0) is 14.3 Å². The van der Waals surface area contributed by atoms with Crippen LogP contribution in [0.2, 0.25) is 0 Å². The first kappa shape index (κ1) is 13.9. The van der Waals surface area contributed by atoms with Gasteiger partial charge in [0.1, 0.15) is 18.9 Å². The van der Waals surface area contributed by atoms with Crippen molar-refractivity contribution in [2.24, 2.45) is 0 Å². The van der Waals surface area contributed by atoms with E-state index in [0.717, 1.165) is 19.3 Å². The fourth-order valence-corrected chi connectivity index (χ4v) is 1.91. The average Bonchev–Trinajstić information content (AvgIpc) is 2.15. The maximum absolute atomic E-state index is 13.0. The Morgan fingerprint density at radius 1 is 1.18 bits per heavy atom. The highest BCUT2D eigenvalue weighted by Gasteiger charge is 2.36. The maximum Gasteiger partial charge on any atom is 0.312 e. The molecule has 0 bridgehead atoms. The van der Waals surface area contributed by atoms with Gasteiger partial charge in [0.25, 0.3) is 5.92 Å². The van der Waals surface area contributed by atoms with Crippen LogP contribution in [0.5, 0.6) is 0 Å². The van der Waals surface area contributed by atoms with Crippen molar-refractivity contribution in [3.8, 4) is 0 Å². The van der Waals surface area contributed by atoms with Crippen LogP contribution in [0.15, 0.2) is 0 Å². The molecular formula is C11H16F2O4. The summed E-state index contributed by atoms with van der Waals surface area (Å²) < 4.78 is 30.9. The summed E-state index contributed by atoms with van der Waals surface area (Å²) in [5.74, 6) is -6.17. The highest BCUT2D eigenvalue weighted by atomic mass is 19.3. The zero-order valence-electron chi connectivity index (χ0n) is 9.45. The Morgan fingerprint density at radius 3 is 2.29 bits per heavy atom. The topological polar surface area (TPSA) is 63.6 Å². The number of esters is 1. The molecule has 0 aliphatic heterocycles. The molecule has 0 amide bonds. The van der Waals surface area contributed by atoms with Gasteiger partial charge in [-0.05, 0) is 25.7 Å². The summed E-state index contributed by atoms with van der Waals surface area (Å²) in [7, 11) is 0. The lowest BCUT2D eigenvalue weighted by Gasteiger charge is -2.22. The summed E-state index contributed by atoms with van der Waals surface area (Å²) in [4.78, 5) is 21.4. The molecular weight excluding hydrogens is 234 g/mol. The maximum atomic E-state index is 13.0. The zero-order valence-corrected chi connectivity index (χ0v) is 9.45. The minimum atomic E-state index is -3.53. The van der Waals surface area contributed by atoms with E-state index in [1.807, 2.05) is 0 Å². The molecule has 1 aliphatic rings. The van der Waals surface area contributed by atoms with Crippen molar-refractivity contribution in [2.75, 3.05) is 0 Å². The number of hydrogen-bond donors (Lipinski definition) is 1. The Balaban J connectivity index is 2.34. The molecule has 17 heavy (non-hydrogen) atoms. The standard InChI is InChI=1S/C11H16F2O4/c12-11(13,6-9(14)15)7-10(16)17-8-4-2-1-3-5-8/h8H,1-7H2,(H,14,15). The van der Waals surface area contributed by atoms with E-state index in [-0.39, 0.29) is 6.10 Å². The van der Waals surface area contributed by atoms with Crippen molar-refractivity contribution < 1.29 is 28.2 Å². The fraction of sp³-hybridized carbons (Fsp3) is 0.818. The van der Waals surface area contributed by atoms with Crippen molar-refractivity contribution in [3.05, 3.63) is 0 Å². The van der Waals surface area contributed by atoms with E-state index in [2.05, 4.69) is 0 Å². The lowest BCUT2D eigenvalue weighted by molar-refractivity contribution is -0.161. The van der Waals surface area contributed by atoms with Gasteiger partial charge in [-0.3, -0.25) is 9.59 Å². The van der Waals surface area contributed by atoms with Gasteiger partial charge in [0.2, 0.25) is 0 Å². The summed E-state index contributed by atoms with van der Waals surface area (Å²) in [5.41, 5.74) is 0. The van der Waals surface area contributed by atoms with Gasteiger partial charge in [-0.25, -0.2) is 8.78 Å². The number of hydrogen-bond acceptors (Lipinski definition) is 3. The molecule has 1 aliphatic carbocycles. The van der Waals surface area contributed by atoms with Gasteiger partial charge < -0.3 is 9.84 Å². The van der Waals surface area contributed by atoms with Crippen molar-refractivity contribution in [1.82, 2.24) is 0 Å². The molecule has 0 spiro atoms. The number of carboxylic acid groups (broad SMARTS) is 1. The smallest absolute Gasteiger partial charge is 0.312 e. The van der Waals surface area contributed by atoms with Gasteiger partial charge in [0, 0.05) is 0 Å². The third-order valence-electron chi connectivity index (χ3n) is 2.66. The minimum Gasteiger partial charge on any atom is -0.481 e. The van der Waals surface area contributed by atoms with E-state index in [4.69, 9.17) is 9.84 Å². The molecule has 0 aromatic carbocycles. The van der Waals surface area contributed by atoms with Gasteiger partial charge in [-0.15, -0.1) is 0 Å². The summed E-state index contributed by atoms with van der Waals surface area (Å²) in [6.45, 7) is 0. The number of carboxylic acids is 1. The van der Waals surface area contributed by atoms with E-state index >= 15 is 0 Å². The molecule has 0 aromatic rings. The first-order valence-corrected chi connectivity index (χ1v) is 5.68. The normalized spacial score (nSPS) is 17.8. The lowest BCUT2D eigenvalue weighted by Crippen LogP contribution is -2.28. The van der Waals surface area contributed by atoms with Crippen LogP contribution < -0.4 is 0 Å². The van der Waals surface area contributed by atoms with Gasteiger partial charge in [-0.1, -0.05) is 6.42 Å². The van der Waals surface area contributed by atoms with Crippen LogP contribution in [0.3, 0.4) is 0 Å². The molecule has 4 nitrogen and oxygen atoms in total. The molecule has 1 rings (SSSR count). The predicted octanol–water partition coefficient (Wildman–Crippen LogP) is 2.36. The number of rotatable bonds is 5. The highest BCUT2D eigenvalue weighted by Crippen LogP contribution is 2.26. The Morgan fingerprint density at radius 2 is 1.76 bits per heavy atom. The third kappa shape index (κ3) is 5.60. The molecule has 0 heterocycles. The quantitative estimate of drug-likeness (QED) is 0.761. The van der Waals surface area contributed by atoms with E-state index in [0.29, 0.717) is 12.8 Å². The van der Waals surface area contributed by atoms with Crippen molar-refractivity contribution >= 4 is 11.9 Å². The summed E-state index contributed by atoms with van der Waals surface area (Å²) in [6, 6.07) is 0. The lowest BCUT2D eigenvalue weighted by atomic mass is 9.98. The van der Waals surface area contributed by atoms with Crippen LogP contribution in [0.4, 0.5) is 8.78 Å². The summed E-state index contributed by atoms with van der Waals surface area (Å²) >= 11 is 0. The van der Waals surface area contributed by atoms with E-state index < -0.39 is 30.7 Å². The Bertz CT molecular complexity index is 285. The second-order valence-electron chi connectivity index (χ2n) is 4.35. The Labute approximate surface area is 97.9 Å². The van der Waals surface area contributed by atoms with Crippen LogP contribution >= 0.6 is 0 Å². The first-order chi connectivity index (χ1) is 7.89. The number of halogens is 2. The van der Waals surface area contributed by atoms with E-state index in [1.165, 1.54) is 0 Å². The summed E-state index contributed by atoms with van der Waals surface area (Å²) in [5, 5.41) is 8.25. The molecule has 1 fully saturated rings. The van der Waals surface area contributed by atoms with Gasteiger partial charge >= 0.3 is 11.9 Å². The van der Waals surface area contributed by atoms with Crippen LogP contribution in [0.25, 0.3) is 0 Å². The molecule has 0 unspecified atom stereocenters. The molecule has 1 saturated carbocycles. The molecule has 0 saturated heterocycles. The van der Waals surface area contributed by atoms with Gasteiger partial charge in [0.05, 0.1) is 0 Å². The average molecular weight is 250 g/mol. The fourth-order valence-electron chi connectivity index (χ4n) is 1.91. The molecule has 1 N–H and O–H groups in total. The molecule has 6 heteroatoms. The van der Waals surface area contributed by atoms with Gasteiger partial charge in [0.15, 0.2) is 0 Å². The van der Waals surface area contributed by atoms with Crippen molar-refractivity contribution in [2.45, 2.75) is 57.0 Å². The first-order valence-electron chi connectivity index (χ1n) is 5.68. The Hall–Kier alpha value is -1.20. The number of carbonyl (C=O) groups is 2. The second-order valence-corrected chi connectivity index (χ2v) is 4.35. The highest BCUT2D eigenvalue weighted by molar-refractivity contribution is 5.73. The number of alkyl halides is 2. The second kappa shape index (κ2) is 5.93. The van der Waals surface area contributed by atoms with Gasteiger partial charge in [-0.2, -0.15) is 0 Å². The van der Waals surface area contributed by atoms with Crippen LogP contribution in [0, 0.1) is 0 Å².